The number of sulfonamides is 1. The van der Waals surface area contributed by atoms with Crippen LogP contribution >= 0.6 is 0 Å². The van der Waals surface area contributed by atoms with Crippen LogP contribution in [0, 0.1) is 6.92 Å². The highest BCUT2D eigenvalue weighted by Gasteiger charge is 2.29. The van der Waals surface area contributed by atoms with Gasteiger partial charge in [0, 0.05) is 45.4 Å². The van der Waals surface area contributed by atoms with Crippen molar-refractivity contribution < 1.29 is 17.9 Å². The summed E-state index contributed by atoms with van der Waals surface area (Å²) in [5, 5.41) is 2.70. The molecule has 1 amide bonds. The lowest BCUT2D eigenvalue weighted by Gasteiger charge is -2.32. The molecule has 0 atom stereocenters. The fourth-order valence-corrected chi connectivity index (χ4v) is 4.23. The first kappa shape index (κ1) is 18.9. The first-order valence-electron chi connectivity index (χ1n) is 7.92. The van der Waals surface area contributed by atoms with Crippen LogP contribution in [0.5, 0.6) is 0 Å². The van der Waals surface area contributed by atoms with Crippen LogP contribution < -0.4 is 5.32 Å². The van der Waals surface area contributed by atoms with Crippen molar-refractivity contribution in [3.05, 3.63) is 29.3 Å². The molecule has 24 heavy (non-hydrogen) atoms. The average molecular weight is 355 g/mol. The minimum absolute atomic E-state index is 0.200. The molecule has 0 aliphatic carbocycles. The van der Waals surface area contributed by atoms with E-state index >= 15 is 0 Å². The maximum absolute atomic E-state index is 12.9. The van der Waals surface area contributed by atoms with Gasteiger partial charge in [0.25, 0.3) is 5.91 Å². The maximum Gasteiger partial charge on any atom is 0.251 e. The summed E-state index contributed by atoms with van der Waals surface area (Å²) in [6.07, 6.45) is 0. The van der Waals surface area contributed by atoms with Gasteiger partial charge in [-0.2, -0.15) is 4.31 Å². The molecule has 1 saturated heterocycles. The van der Waals surface area contributed by atoms with Crippen molar-refractivity contribution in [2.24, 2.45) is 0 Å². The molecule has 0 unspecified atom stereocenters. The van der Waals surface area contributed by atoms with Crippen molar-refractivity contribution in [2.45, 2.75) is 11.8 Å². The van der Waals surface area contributed by atoms with E-state index in [0.29, 0.717) is 50.5 Å². The van der Waals surface area contributed by atoms with Crippen molar-refractivity contribution in [1.82, 2.24) is 14.5 Å². The minimum atomic E-state index is -3.60. The number of hydrogen-bond donors (Lipinski definition) is 1. The van der Waals surface area contributed by atoms with Gasteiger partial charge in [-0.25, -0.2) is 8.42 Å². The van der Waals surface area contributed by atoms with E-state index in [-0.39, 0.29) is 10.8 Å². The molecule has 0 aromatic heterocycles. The quantitative estimate of drug-likeness (QED) is 0.743. The van der Waals surface area contributed by atoms with Gasteiger partial charge in [0.2, 0.25) is 10.0 Å². The number of carbonyl (C=O) groups excluding carboxylic acids is 1. The molecule has 1 fully saturated rings. The molecule has 0 radical (unpaired) electrons. The van der Waals surface area contributed by atoms with Gasteiger partial charge in [-0.05, 0) is 31.7 Å². The standard InChI is InChI=1S/C16H25N3O4S/c1-13-4-5-14(16(20)17-6-11-23-3)12-15(13)24(21,22)19-9-7-18(2)8-10-19/h4-5,12H,6-11H2,1-3H3,(H,17,20). The molecule has 1 heterocycles. The van der Waals surface area contributed by atoms with Crippen LogP contribution in [-0.2, 0) is 14.8 Å². The van der Waals surface area contributed by atoms with Crippen molar-refractivity contribution in [2.75, 3.05) is 53.5 Å². The Hall–Kier alpha value is -1.48. The van der Waals surface area contributed by atoms with Crippen LogP contribution in [0.15, 0.2) is 23.1 Å². The SMILES string of the molecule is COCCNC(=O)c1ccc(C)c(S(=O)(=O)N2CCN(C)CC2)c1. The van der Waals surface area contributed by atoms with E-state index in [0.717, 1.165) is 0 Å². The molecule has 8 heteroatoms. The number of rotatable bonds is 6. The number of amides is 1. The van der Waals surface area contributed by atoms with Crippen LogP contribution in [0.3, 0.4) is 0 Å². The Bertz CT molecular complexity index is 683. The van der Waals surface area contributed by atoms with Gasteiger partial charge in [-0.15, -0.1) is 0 Å². The smallest absolute Gasteiger partial charge is 0.251 e. The Balaban J connectivity index is 2.22. The predicted octanol–water partition coefficient (Wildman–Crippen LogP) is 0.307. The number of nitrogens with zero attached hydrogens (tertiary/aromatic N) is 2. The number of ether oxygens (including phenoxy) is 1. The fourth-order valence-electron chi connectivity index (χ4n) is 2.56. The number of benzene rings is 1. The van der Waals surface area contributed by atoms with Crippen LogP contribution in [-0.4, -0.2) is 77.0 Å². The minimum Gasteiger partial charge on any atom is -0.383 e. The largest absolute Gasteiger partial charge is 0.383 e. The van der Waals surface area contributed by atoms with Crippen molar-refractivity contribution in [1.29, 1.82) is 0 Å². The molecular formula is C16H25N3O4S. The highest BCUT2D eigenvalue weighted by molar-refractivity contribution is 7.89. The Morgan fingerprint density at radius 2 is 1.92 bits per heavy atom. The van der Waals surface area contributed by atoms with Gasteiger partial charge >= 0.3 is 0 Å². The topological polar surface area (TPSA) is 78.9 Å². The summed E-state index contributed by atoms with van der Waals surface area (Å²) in [6, 6.07) is 4.78. The second-order valence-electron chi connectivity index (χ2n) is 5.94. The van der Waals surface area contributed by atoms with Crippen LogP contribution in [0.2, 0.25) is 0 Å². The highest BCUT2D eigenvalue weighted by atomic mass is 32.2. The second-order valence-corrected chi connectivity index (χ2v) is 7.84. The molecule has 0 saturated carbocycles. The number of aryl methyl sites for hydroxylation is 1. The monoisotopic (exact) mass is 355 g/mol. The van der Waals surface area contributed by atoms with E-state index in [9.17, 15) is 13.2 Å². The number of piperazine rings is 1. The molecule has 1 aromatic rings. The zero-order valence-corrected chi connectivity index (χ0v) is 15.2. The Morgan fingerprint density at radius 1 is 1.25 bits per heavy atom. The van der Waals surface area contributed by atoms with Crippen LogP contribution in [0.4, 0.5) is 0 Å². The lowest BCUT2D eigenvalue weighted by molar-refractivity contribution is 0.0937. The summed E-state index contributed by atoms with van der Waals surface area (Å²) in [5.41, 5.74) is 0.978. The van der Waals surface area contributed by atoms with Crippen molar-refractivity contribution >= 4 is 15.9 Å². The summed E-state index contributed by atoms with van der Waals surface area (Å²) in [4.78, 5) is 14.4. The third-order valence-electron chi connectivity index (χ3n) is 4.12. The van der Waals surface area contributed by atoms with Crippen LogP contribution in [0.25, 0.3) is 0 Å². The summed E-state index contributed by atoms with van der Waals surface area (Å²) in [5.74, 6) is -0.304. The Kier molecular flexibility index (Phi) is 6.34. The lowest BCUT2D eigenvalue weighted by atomic mass is 10.1. The number of hydrogen-bond acceptors (Lipinski definition) is 5. The summed E-state index contributed by atoms with van der Waals surface area (Å²) < 4.78 is 32.2. The lowest BCUT2D eigenvalue weighted by Crippen LogP contribution is -2.47. The Labute approximate surface area is 143 Å². The van der Waals surface area contributed by atoms with Gasteiger partial charge in [0.1, 0.15) is 0 Å². The molecule has 1 N–H and O–H groups in total. The van der Waals surface area contributed by atoms with Gasteiger partial charge < -0.3 is 15.0 Å². The van der Waals surface area contributed by atoms with Crippen LogP contribution in [0.1, 0.15) is 15.9 Å². The average Bonchev–Trinajstić information content (AvgIpc) is 2.55. The van der Waals surface area contributed by atoms with E-state index in [4.69, 9.17) is 4.74 Å². The van der Waals surface area contributed by atoms with E-state index in [1.165, 1.54) is 10.4 Å². The first-order chi connectivity index (χ1) is 11.4. The van der Waals surface area contributed by atoms with Gasteiger partial charge in [0.05, 0.1) is 11.5 Å². The zero-order valence-electron chi connectivity index (χ0n) is 14.4. The fraction of sp³-hybridized carbons (Fsp3) is 0.562. The second kappa shape index (κ2) is 8.06. The number of likely N-dealkylation sites (N-methyl/N-ethyl adjacent to an activating group) is 1. The van der Waals surface area contributed by atoms with E-state index in [1.54, 1.807) is 26.2 Å². The number of nitrogens with one attached hydrogen (secondary N) is 1. The van der Waals surface area contributed by atoms with E-state index in [1.807, 2.05) is 7.05 Å². The number of methoxy groups -OCH3 is 1. The highest BCUT2D eigenvalue weighted by Crippen LogP contribution is 2.22. The third-order valence-corrected chi connectivity index (χ3v) is 6.16. The molecular weight excluding hydrogens is 330 g/mol. The molecule has 1 aliphatic heterocycles. The third kappa shape index (κ3) is 4.32. The predicted molar refractivity (Wildman–Crippen MR) is 91.6 cm³/mol. The van der Waals surface area contributed by atoms with Crippen molar-refractivity contribution in [3.63, 3.8) is 0 Å². The molecule has 0 bridgehead atoms. The molecule has 0 spiro atoms. The van der Waals surface area contributed by atoms with Gasteiger partial charge in [0.15, 0.2) is 0 Å². The molecule has 2 rings (SSSR count). The van der Waals surface area contributed by atoms with E-state index in [2.05, 4.69) is 10.2 Å². The molecule has 1 aromatic carbocycles. The summed E-state index contributed by atoms with van der Waals surface area (Å²) in [7, 11) is -0.0686. The molecule has 1 aliphatic rings. The van der Waals surface area contributed by atoms with Gasteiger partial charge in [-0.1, -0.05) is 6.07 Å². The number of carbonyl (C=O) groups is 1. The first-order valence-corrected chi connectivity index (χ1v) is 9.36. The van der Waals surface area contributed by atoms with E-state index < -0.39 is 10.0 Å². The summed E-state index contributed by atoms with van der Waals surface area (Å²) >= 11 is 0. The Morgan fingerprint density at radius 3 is 2.54 bits per heavy atom. The van der Waals surface area contributed by atoms with Crippen molar-refractivity contribution in [3.8, 4) is 0 Å². The normalized spacial score (nSPS) is 17.0. The zero-order chi connectivity index (χ0) is 17.7. The summed E-state index contributed by atoms with van der Waals surface area (Å²) in [6.45, 7) is 4.86. The maximum atomic E-state index is 12.9. The molecule has 7 nitrogen and oxygen atoms in total. The van der Waals surface area contributed by atoms with Gasteiger partial charge in [-0.3, -0.25) is 4.79 Å². The molecule has 134 valence electrons.